The molecule has 0 aliphatic heterocycles. The highest BCUT2D eigenvalue weighted by Gasteiger charge is 2.15. The highest BCUT2D eigenvalue weighted by Crippen LogP contribution is 2.24. The molecule has 20 heavy (non-hydrogen) atoms. The molecule has 1 amide bonds. The van der Waals surface area contributed by atoms with Crippen molar-refractivity contribution in [1.29, 1.82) is 0 Å². The molecule has 2 aromatic rings. The summed E-state index contributed by atoms with van der Waals surface area (Å²) >= 11 is 11.7. The van der Waals surface area contributed by atoms with Gasteiger partial charge in [0.15, 0.2) is 0 Å². The SMILES string of the molecule is NNc1ccc(Cl)c(C(=O)Nc2ccc(F)cc2Cl)n1. The molecule has 1 aromatic heterocycles. The first-order valence-corrected chi connectivity index (χ1v) is 6.16. The Morgan fingerprint density at radius 2 is 1.95 bits per heavy atom. The zero-order valence-electron chi connectivity index (χ0n) is 9.95. The molecule has 0 aliphatic carbocycles. The van der Waals surface area contributed by atoms with Crippen LogP contribution in [0.25, 0.3) is 0 Å². The summed E-state index contributed by atoms with van der Waals surface area (Å²) in [5, 5.41) is 2.72. The predicted octanol–water partition coefficient (Wildman–Crippen LogP) is 3.07. The molecule has 104 valence electrons. The number of anilines is 2. The van der Waals surface area contributed by atoms with Gasteiger partial charge in [0, 0.05) is 0 Å². The molecule has 0 spiro atoms. The summed E-state index contributed by atoms with van der Waals surface area (Å²) in [4.78, 5) is 16.0. The summed E-state index contributed by atoms with van der Waals surface area (Å²) in [5.41, 5.74) is 2.53. The van der Waals surface area contributed by atoms with Crippen LogP contribution in [-0.2, 0) is 0 Å². The lowest BCUT2D eigenvalue weighted by Crippen LogP contribution is -2.17. The van der Waals surface area contributed by atoms with Crippen LogP contribution in [0.2, 0.25) is 10.0 Å². The van der Waals surface area contributed by atoms with E-state index in [4.69, 9.17) is 29.0 Å². The lowest BCUT2D eigenvalue weighted by Gasteiger charge is -2.09. The minimum Gasteiger partial charge on any atom is -0.319 e. The van der Waals surface area contributed by atoms with Crippen molar-refractivity contribution in [2.75, 3.05) is 10.7 Å². The molecule has 0 saturated heterocycles. The first-order chi connectivity index (χ1) is 9.51. The zero-order chi connectivity index (χ0) is 14.7. The number of nitrogen functional groups attached to an aromatic ring is 1. The number of hydrazine groups is 1. The Balaban J connectivity index is 2.28. The second-order valence-corrected chi connectivity index (χ2v) is 4.56. The van der Waals surface area contributed by atoms with Gasteiger partial charge >= 0.3 is 0 Å². The van der Waals surface area contributed by atoms with Gasteiger partial charge in [-0.15, -0.1) is 0 Å². The van der Waals surface area contributed by atoms with E-state index in [2.05, 4.69) is 15.7 Å². The summed E-state index contributed by atoms with van der Waals surface area (Å²) < 4.78 is 12.9. The Labute approximate surface area is 123 Å². The molecule has 2 rings (SSSR count). The topological polar surface area (TPSA) is 80.0 Å². The van der Waals surface area contributed by atoms with Gasteiger partial charge in [0.2, 0.25) is 0 Å². The van der Waals surface area contributed by atoms with Gasteiger partial charge in [-0.1, -0.05) is 23.2 Å². The number of pyridine rings is 1. The molecule has 0 aliphatic rings. The van der Waals surface area contributed by atoms with Crippen LogP contribution < -0.4 is 16.6 Å². The maximum Gasteiger partial charge on any atom is 0.275 e. The lowest BCUT2D eigenvalue weighted by atomic mass is 10.2. The molecule has 0 bridgehead atoms. The smallest absolute Gasteiger partial charge is 0.275 e. The molecule has 0 saturated carbocycles. The van der Waals surface area contributed by atoms with Gasteiger partial charge in [-0.3, -0.25) is 4.79 Å². The van der Waals surface area contributed by atoms with E-state index in [9.17, 15) is 9.18 Å². The number of nitrogens with zero attached hydrogens (tertiary/aromatic N) is 1. The maximum absolute atomic E-state index is 12.9. The fourth-order valence-electron chi connectivity index (χ4n) is 1.45. The van der Waals surface area contributed by atoms with Crippen LogP contribution in [-0.4, -0.2) is 10.9 Å². The number of halogens is 3. The van der Waals surface area contributed by atoms with E-state index in [1.807, 2.05) is 0 Å². The zero-order valence-corrected chi connectivity index (χ0v) is 11.5. The number of hydrogen-bond donors (Lipinski definition) is 3. The lowest BCUT2D eigenvalue weighted by molar-refractivity contribution is 0.102. The number of carbonyl (C=O) groups is 1. The van der Waals surface area contributed by atoms with Crippen molar-refractivity contribution in [3.63, 3.8) is 0 Å². The predicted molar refractivity (Wildman–Crippen MR) is 76.4 cm³/mol. The van der Waals surface area contributed by atoms with Crippen molar-refractivity contribution in [2.45, 2.75) is 0 Å². The van der Waals surface area contributed by atoms with Crippen LogP contribution in [0.3, 0.4) is 0 Å². The van der Waals surface area contributed by atoms with Gasteiger partial charge in [0.25, 0.3) is 5.91 Å². The van der Waals surface area contributed by atoms with E-state index >= 15 is 0 Å². The molecule has 4 N–H and O–H groups in total. The second kappa shape index (κ2) is 6.04. The largest absolute Gasteiger partial charge is 0.319 e. The Morgan fingerprint density at radius 3 is 2.60 bits per heavy atom. The fraction of sp³-hybridized carbons (Fsp3) is 0. The third-order valence-electron chi connectivity index (χ3n) is 2.39. The van der Waals surface area contributed by atoms with Crippen LogP contribution in [0.1, 0.15) is 10.5 Å². The summed E-state index contributed by atoms with van der Waals surface area (Å²) in [6.45, 7) is 0. The number of benzene rings is 1. The summed E-state index contributed by atoms with van der Waals surface area (Å²) in [6.07, 6.45) is 0. The highest BCUT2D eigenvalue weighted by molar-refractivity contribution is 6.35. The van der Waals surface area contributed by atoms with Gasteiger partial charge < -0.3 is 10.7 Å². The number of hydrogen-bond acceptors (Lipinski definition) is 4. The first kappa shape index (κ1) is 14.5. The monoisotopic (exact) mass is 314 g/mol. The maximum atomic E-state index is 12.9. The van der Waals surface area contributed by atoms with Crippen LogP contribution in [0.4, 0.5) is 15.9 Å². The summed E-state index contributed by atoms with van der Waals surface area (Å²) in [6, 6.07) is 6.60. The van der Waals surface area contributed by atoms with Gasteiger partial charge in [-0.25, -0.2) is 15.2 Å². The first-order valence-electron chi connectivity index (χ1n) is 5.41. The summed E-state index contributed by atoms with van der Waals surface area (Å²) in [7, 11) is 0. The third kappa shape index (κ3) is 3.16. The van der Waals surface area contributed by atoms with Crippen LogP contribution in [0.15, 0.2) is 30.3 Å². The van der Waals surface area contributed by atoms with E-state index in [1.54, 1.807) is 0 Å². The molecule has 0 unspecified atom stereocenters. The molecule has 8 heteroatoms. The molecule has 0 atom stereocenters. The van der Waals surface area contributed by atoms with Crippen LogP contribution in [0.5, 0.6) is 0 Å². The standard InChI is InChI=1S/C12H9Cl2FN4O/c13-7-2-4-10(19-16)18-11(7)12(20)17-9-3-1-6(15)5-8(9)14/h1-5H,16H2,(H,17,20)(H,18,19). The van der Waals surface area contributed by atoms with Gasteiger partial charge in [-0.05, 0) is 30.3 Å². The Hall–Kier alpha value is -1.89. The quantitative estimate of drug-likeness (QED) is 0.601. The van der Waals surface area contributed by atoms with E-state index < -0.39 is 11.7 Å². The molecular weight excluding hydrogens is 306 g/mol. The van der Waals surface area contributed by atoms with Gasteiger partial charge in [0.1, 0.15) is 17.3 Å². The number of aromatic nitrogens is 1. The van der Waals surface area contributed by atoms with E-state index in [1.165, 1.54) is 24.3 Å². The van der Waals surface area contributed by atoms with Crippen molar-refractivity contribution in [2.24, 2.45) is 5.84 Å². The van der Waals surface area contributed by atoms with Crippen molar-refractivity contribution >= 4 is 40.6 Å². The Kier molecular flexibility index (Phi) is 4.39. The van der Waals surface area contributed by atoms with Crippen molar-refractivity contribution in [3.05, 3.63) is 51.9 Å². The van der Waals surface area contributed by atoms with Crippen molar-refractivity contribution in [3.8, 4) is 0 Å². The number of carbonyl (C=O) groups excluding carboxylic acids is 1. The number of rotatable bonds is 3. The average Bonchev–Trinajstić information content (AvgIpc) is 2.42. The van der Waals surface area contributed by atoms with Crippen LogP contribution in [0, 0.1) is 5.82 Å². The van der Waals surface area contributed by atoms with Crippen molar-refractivity contribution in [1.82, 2.24) is 4.98 Å². The Bertz CT molecular complexity index is 666. The molecule has 1 aromatic carbocycles. The molecule has 0 radical (unpaired) electrons. The minimum atomic E-state index is -0.583. The molecule has 1 heterocycles. The number of amides is 1. The molecule has 0 fully saturated rings. The molecule has 5 nitrogen and oxygen atoms in total. The fourth-order valence-corrected chi connectivity index (χ4v) is 1.86. The second-order valence-electron chi connectivity index (χ2n) is 3.75. The average molecular weight is 315 g/mol. The van der Waals surface area contributed by atoms with E-state index in [0.717, 1.165) is 6.07 Å². The Morgan fingerprint density at radius 1 is 1.20 bits per heavy atom. The number of nitrogens with one attached hydrogen (secondary N) is 2. The number of nitrogens with two attached hydrogens (primary N) is 1. The van der Waals surface area contributed by atoms with E-state index in [0.29, 0.717) is 0 Å². The van der Waals surface area contributed by atoms with Gasteiger partial charge in [0.05, 0.1) is 15.7 Å². The van der Waals surface area contributed by atoms with Crippen molar-refractivity contribution < 1.29 is 9.18 Å². The third-order valence-corrected chi connectivity index (χ3v) is 3.01. The normalized spacial score (nSPS) is 10.2. The van der Waals surface area contributed by atoms with Crippen LogP contribution >= 0.6 is 23.2 Å². The van der Waals surface area contributed by atoms with E-state index in [-0.39, 0.29) is 27.2 Å². The minimum absolute atomic E-state index is 0.0255. The van der Waals surface area contributed by atoms with Gasteiger partial charge in [-0.2, -0.15) is 0 Å². The highest BCUT2D eigenvalue weighted by atomic mass is 35.5. The summed E-state index contributed by atoms with van der Waals surface area (Å²) in [5.74, 6) is 4.41. The molecular formula is C12H9Cl2FN4O.